The van der Waals surface area contributed by atoms with Crippen LogP contribution in [0.25, 0.3) is 0 Å². The monoisotopic (exact) mass is 215 g/mol. The molecule has 0 radical (unpaired) electrons. The summed E-state index contributed by atoms with van der Waals surface area (Å²) in [5.41, 5.74) is 7.84. The first-order valence-corrected chi connectivity index (χ1v) is 5.49. The molecule has 15 heavy (non-hydrogen) atoms. The van der Waals surface area contributed by atoms with E-state index in [-0.39, 0.29) is 6.61 Å². The van der Waals surface area contributed by atoms with Gasteiger partial charge < -0.3 is 10.6 Å². The highest BCUT2D eigenvalue weighted by Gasteiger charge is 2.20. The molecule has 0 unspecified atom stereocenters. The number of carbonyl (C=O) groups is 1. The van der Waals surface area contributed by atoms with E-state index in [0.717, 1.165) is 25.9 Å². The van der Waals surface area contributed by atoms with Crippen molar-refractivity contribution in [1.82, 2.24) is 10.4 Å². The van der Waals surface area contributed by atoms with Crippen LogP contribution in [0.3, 0.4) is 0 Å². The molecule has 0 atom stereocenters. The zero-order valence-corrected chi connectivity index (χ0v) is 9.53. The van der Waals surface area contributed by atoms with Gasteiger partial charge in [-0.1, -0.05) is 0 Å². The van der Waals surface area contributed by atoms with Crippen molar-refractivity contribution in [3.05, 3.63) is 0 Å². The van der Waals surface area contributed by atoms with Gasteiger partial charge in [0.1, 0.15) is 6.61 Å². The molecular formula is C10H21N3O2. The van der Waals surface area contributed by atoms with Gasteiger partial charge in [-0.25, -0.2) is 0 Å². The highest BCUT2D eigenvalue weighted by Crippen LogP contribution is 2.12. The number of amides is 1. The van der Waals surface area contributed by atoms with Crippen LogP contribution >= 0.6 is 0 Å². The first-order chi connectivity index (χ1) is 7.09. The van der Waals surface area contributed by atoms with Crippen molar-refractivity contribution < 1.29 is 9.63 Å². The average Bonchev–Trinajstić information content (AvgIpc) is 2.18. The molecule has 0 aliphatic carbocycles. The van der Waals surface area contributed by atoms with E-state index in [1.54, 1.807) is 0 Å². The van der Waals surface area contributed by atoms with Crippen LogP contribution in [0.1, 0.15) is 26.7 Å². The van der Waals surface area contributed by atoms with Crippen molar-refractivity contribution in [3.8, 4) is 0 Å². The van der Waals surface area contributed by atoms with Crippen molar-refractivity contribution in [2.75, 3.05) is 19.7 Å². The molecule has 0 spiro atoms. The highest BCUT2D eigenvalue weighted by molar-refractivity contribution is 5.74. The van der Waals surface area contributed by atoms with E-state index in [2.05, 4.69) is 24.2 Å². The number of hydrogen-bond donors (Lipinski definition) is 2. The van der Waals surface area contributed by atoms with Gasteiger partial charge in [0, 0.05) is 12.1 Å². The van der Waals surface area contributed by atoms with Crippen LogP contribution in [-0.2, 0) is 9.63 Å². The summed E-state index contributed by atoms with van der Waals surface area (Å²) in [5.74, 6) is -0.442. The summed E-state index contributed by atoms with van der Waals surface area (Å²) in [7, 11) is 0. The smallest absolute Gasteiger partial charge is 0.245 e. The Kier molecular flexibility index (Phi) is 5.01. The number of carbonyl (C=O) groups excluding carboxylic acids is 1. The van der Waals surface area contributed by atoms with Gasteiger partial charge in [0.15, 0.2) is 0 Å². The van der Waals surface area contributed by atoms with Gasteiger partial charge in [0.2, 0.25) is 5.91 Å². The number of likely N-dealkylation sites (tertiary alicyclic amines) is 1. The molecule has 0 bridgehead atoms. The Morgan fingerprint density at radius 1 is 1.53 bits per heavy atom. The molecule has 3 N–H and O–H groups in total. The summed E-state index contributed by atoms with van der Waals surface area (Å²) >= 11 is 0. The second-order valence-electron chi connectivity index (χ2n) is 4.28. The quantitative estimate of drug-likeness (QED) is 0.627. The van der Waals surface area contributed by atoms with E-state index < -0.39 is 5.91 Å². The predicted molar refractivity (Wildman–Crippen MR) is 58.0 cm³/mol. The first kappa shape index (κ1) is 12.4. The maximum absolute atomic E-state index is 10.4. The van der Waals surface area contributed by atoms with Crippen LogP contribution < -0.4 is 11.2 Å². The molecule has 1 heterocycles. The lowest BCUT2D eigenvalue weighted by Gasteiger charge is -2.34. The molecule has 88 valence electrons. The molecule has 1 aliphatic rings. The Bertz CT molecular complexity index is 201. The topological polar surface area (TPSA) is 67.6 Å². The minimum Gasteiger partial charge on any atom is -0.368 e. The number of hydroxylamine groups is 1. The number of rotatable bonds is 5. The predicted octanol–water partition coefficient (Wildman–Crippen LogP) is -0.134. The Labute approximate surface area is 90.9 Å². The number of nitrogens with two attached hydrogens (primary N) is 1. The second-order valence-corrected chi connectivity index (χ2v) is 4.28. The van der Waals surface area contributed by atoms with Crippen molar-refractivity contribution in [3.63, 3.8) is 0 Å². The molecular weight excluding hydrogens is 194 g/mol. The molecule has 5 heteroatoms. The van der Waals surface area contributed by atoms with Crippen LogP contribution in [0.4, 0.5) is 0 Å². The summed E-state index contributed by atoms with van der Waals surface area (Å²) < 4.78 is 0. The van der Waals surface area contributed by atoms with Gasteiger partial charge in [-0.3, -0.25) is 9.63 Å². The lowest BCUT2D eigenvalue weighted by molar-refractivity contribution is -0.126. The fourth-order valence-corrected chi connectivity index (χ4v) is 1.76. The Morgan fingerprint density at radius 2 is 2.13 bits per heavy atom. The molecule has 0 saturated carbocycles. The lowest BCUT2D eigenvalue weighted by Crippen LogP contribution is -2.45. The number of nitrogens with one attached hydrogen (secondary N) is 1. The lowest BCUT2D eigenvalue weighted by atomic mass is 10.0. The number of hydrogen-bond acceptors (Lipinski definition) is 4. The van der Waals surface area contributed by atoms with Crippen LogP contribution in [0.2, 0.25) is 0 Å². The first-order valence-electron chi connectivity index (χ1n) is 5.49. The second kappa shape index (κ2) is 6.05. The maximum atomic E-state index is 10.4. The van der Waals surface area contributed by atoms with Crippen LogP contribution in [0.5, 0.6) is 0 Å². The summed E-state index contributed by atoms with van der Waals surface area (Å²) in [6, 6.07) is 0.955. The maximum Gasteiger partial charge on any atom is 0.245 e. The highest BCUT2D eigenvalue weighted by atomic mass is 16.6. The van der Waals surface area contributed by atoms with Gasteiger partial charge in [-0.2, -0.15) is 5.48 Å². The minimum absolute atomic E-state index is 0.0512. The summed E-state index contributed by atoms with van der Waals surface area (Å²) in [5, 5.41) is 0. The third-order valence-electron chi connectivity index (χ3n) is 2.72. The van der Waals surface area contributed by atoms with Gasteiger partial charge >= 0.3 is 0 Å². The molecule has 5 nitrogen and oxygen atoms in total. The Morgan fingerprint density at radius 3 is 2.60 bits per heavy atom. The Balaban J connectivity index is 2.12. The van der Waals surface area contributed by atoms with Crippen LogP contribution in [0, 0.1) is 0 Å². The van der Waals surface area contributed by atoms with E-state index in [1.807, 2.05) is 0 Å². The average molecular weight is 215 g/mol. The van der Waals surface area contributed by atoms with Gasteiger partial charge in [-0.05, 0) is 39.8 Å². The molecule has 1 rings (SSSR count). The molecule has 0 aromatic rings. The number of primary amides is 1. The molecule has 1 amide bonds. The van der Waals surface area contributed by atoms with E-state index in [9.17, 15) is 4.79 Å². The SMILES string of the molecule is CC(C)N1CCC(NOCC(N)=O)CC1. The molecule has 0 aromatic carbocycles. The molecule has 1 saturated heterocycles. The number of nitrogens with zero attached hydrogens (tertiary/aromatic N) is 1. The largest absolute Gasteiger partial charge is 0.368 e. The fraction of sp³-hybridized carbons (Fsp3) is 0.900. The van der Waals surface area contributed by atoms with Crippen LogP contribution in [0.15, 0.2) is 0 Å². The molecule has 0 aromatic heterocycles. The fourth-order valence-electron chi connectivity index (χ4n) is 1.76. The standard InChI is InChI=1S/C10H21N3O2/c1-8(2)13-5-3-9(4-6-13)12-15-7-10(11)14/h8-9,12H,3-7H2,1-2H3,(H2,11,14). The zero-order valence-electron chi connectivity index (χ0n) is 9.53. The van der Waals surface area contributed by atoms with Crippen molar-refractivity contribution in [2.24, 2.45) is 5.73 Å². The molecule has 1 fully saturated rings. The van der Waals surface area contributed by atoms with Gasteiger partial charge in [0.25, 0.3) is 0 Å². The van der Waals surface area contributed by atoms with E-state index in [1.165, 1.54) is 0 Å². The minimum atomic E-state index is -0.442. The van der Waals surface area contributed by atoms with Crippen LogP contribution in [-0.4, -0.2) is 42.6 Å². The zero-order chi connectivity index (χ0) is 11.3. The number of piperidine rings is 1. The van der Waals surface area contributed by atoms with Gasteiger partial charge in [0.05, 0.1) is 0 Å². The Hall–Kier alpha value is -0.650. The van der Waals surface area contributed by atoms with Gasteiger partial charge in [-0.15, -0.1) is 0 Å². The molecule has 1 aliphatic heterocycles. The third kappa shape index (κ3) is 4.59. The summed E-state index contributed by atoms with van der Waals surface area (Å²) in [4.78, 5) is 17.9. The van der Waals surface area contributed by atoms with Crippen molar-refractivity contribution in [2.45, 2.75) is 38.8 Å². The third-order valence-corrected chi connectivity index (χ3v) is 2.72. The van der Waals surface area contributed by atoms with E-state index in [0.29, 0.717) is 12.1 Å². The van der Waals surface area contributed by atoms with E-state index >= 15 is 0 Å². The normalized spacial score (nSPS) is 19.7. The summed E-state index contributed by atoms with van der Waals surface area (Å²) in [6.07, 6.45) is 2.11. The summed E-state index contributed by atoms with van der Waals surface area (Å²) in [6.45, 7) is 6.52. The van der Waals surface area contributed by atoms with E-state index in [4.69, 9.17) is 10.6 Å². The van der Waals surface area contributed by atoms with Crippen molar-refractivity contribution >= 4 is 5.91 Å². The van der Waals surface area contributed by atoms with Crippen molar-refractivity contribution in [1.29, 1.82) is 0 Å².